The lowest BCUT2D eigenvalue weighted by Gasteiger charge is -2.26. The average Bonchev–Trinajstić information content (AvgIpc) is 2.49. The number of hydrogen-bond donors (Lipinski definition) is 0. The maximum Gasteiger partial charge on any atom is 0.329 e. The van der Waals surface area contributed by atoms with Crippen LogP contribution in [-0.4, -0.2) is 35.8 Å². The summed E-state index contributed by atoms with van der Waals surface area (Å²) in [4.78, 5) is 35.1. The number of esters is 1. The van der Waals surface area contributed by atoms with Crippen LogP contribution in [0.5, 0.6) is 0 Å². The Morgan fingerprint density at radius 2 is 1.73 bits per heavy atom. The van der Waals surface area contributed by atoms with Gasteiger partial charge in [0.25, 0.3) is 11.8 Å². The molecule has 0 aromatic rings. The van der Waals surface area contributed by atoms with Gasteiger partial charge in [0, 0.05) is 12.2 Å². The second-order valence-corrected chi connectivity index (χ2v) is 3.59. The fourth-order valence-electron chi connectivity index (χ4n) is 1.48. The van der Waals surface area contributed by atoms with Gasteiger partial charge < -0.3 is 4.74 Å². The predicted octanol–water partition coefficient (Wildman–Crippen LogP) is 0.109. The van der Waals surface area contributed by atoms with Crippen LogP contribution < -0.4 is 0 Å². The van der Waals surface area contributed by atoms with Gasteiger partial charge in [-0.2, -0.15) is 0 Å². The molecule has 0 spiro atoms. The second kappa shape index (κ2) is 4.25. The fourth-order valence-corrected chi connectivity index (χ4v) is 1.48. The smallest absolute Gasteiger partial charge is 0.329 e. The lowest BCUT2D eigenvalue weighted by molar-refractivity contribution is -0.157. The fraction of sp³-hybridized carbons (Fsp3) is 0.500. The molecular formula is C10H13NO4. The Labute approximate surface area is 87.7 Å². The normalized spacial score (nSPS) is 17.5. The number of rotatable bonds is 3. The zero-order chi connectivity index (χ0) is 11.6. The third-order valence-electron chi connectivity index (χ3n) is 2.20. The molecule has 1 atom stereocenters. The summed E-state index contributed by atoms with van der Waals surface area (Å²) >= 11 is 0. The summed E-state index contributed by atoms with van der Waals surface area (Å²) in [5.74, 6) is -1.69. The number of carbonyl (C=O) groups excluding carboxylic acids is 3. The first-order chi connectivity index (χ1) is 6.99. The maximum atomic E-state index is 11.4. The molecule has 2 amide bonds. The Kier molecular flexibility index (Phi) is 3.24. The van der Waals surface area contributed by atoms with E-state index in [0.29, 0.717) is 0 Å². The third-order valence-corrected chi connectivity index (χ3v) is 2.20. The molecule has 5 nitrogen and oxygen atoms in total. The van der Waals surface area contributed by atoms with Crippen LogP contribution >= 0.6 is 0 Å². The summed E-state index contributed by atoms with van der Waals surface area (Å²) in [6.07, 6.45) is 2.31. The van der Waals surface area contributed by atoms with Gasteiger partial charge >= 0.3 is 5.97 Å². The van der Waals surface area contributed by atoms with Gasteiger partial charge in [-0.15, -0.1) is 0 Å². The van der Waals surface area contributed by atoms with Crippen LogP contribution in [0.3, 0.4) is 0 Å². The Morgan fingerprint density at radius 3 is 2.07 bits per heavy atom. The van der Waals surface area contributed by atoms with Crippen molar-refractivity contribution in [2.45, 2.75) is 19.9 Å². The van der Waals surface area contributed by atoms with Crippen LogP contribution in [0.15, 0.2) is 12.2 Å². The maximum absolute atomic E-state index is 11.4. The van der Waals surface area contributed by atoms with Crippen molar-refractivity contribution in [3.63, 3.8) is 0 Å². The molecule has 1 aliphatic rings. The standard InChI is InChI=1S/C10H13NO4/c1-6(2)9(10(14)15-3)11-7(12)4-5-8(11)13/h4-6,9H,1-3H3. The molecule has 0 aliphatic carbocycles. The molecule has 0 aromatic heterocycles. The predicted molar refractivity (Wildman–Crippen MR) is 51.6 cm³/mol. The number of hydrogen-bond acceptors (Lipinski definition) is 4. The molecular weight excluding hydrogens is 198 g/mol. The van der Waals surface area contributed by atoms with Crippen LogP contribution in [0.25, 0.3) is 0 Å². The molecule has 1 unspecified atom stereocenters. The third kappa shape index (κ3) is 2.06. The van der Waals surface area contributed by atoms with Crippen molar-refractivity contribution in [1.82, 2.24) is 4.90 Å². The number of nitrogens with zero attached hydrogens (tertiary/aromatic N) is 1. The molecule has 0 radical (unpaired) electrons. The number of carbonyl (C=O) groups is 3. The largest absolute Gasteiger partial charge is 0.467 e. The highest BCUT2D eigenvalue weighted by Crippen LogP contribution is 2.17. The zero-order valence-electron chi connectivity index (χ0n) is 8.89. The highest BCUT2D eigenvalue weighted by molar-refractivity contribution is 6.14. The van der Waals surface area contributed by atoms with Gasteiger partial charge in [0.05, 0.1) is 7.11 Å². The van der Waals surface area contributed by atoms with E-state index in [1.165, 1.54) is 7.11 Å². The molecule has 0 saturated carbocycles. The van der Waals surface area contributed by atoms with Gasteiger partial charge in [0.1, 0.15) is 6.04 Å². The lowest BCUT2D eigenvalue weighted by atomic mass is 10.0. The van der Waals surface area contributed by atoms with Crippen LogP contribution in [-0.2, 0) is 19.1 Å². The van der Waals surface area contributed by atoms with Crippen molar-refractivity contribution < 1.29 is 19.1 Å². The quantitative estimate of drug-likeness (QED) is 0.491. The molecule has 1 aliphatic heterocycles. The van der Waals surface area contributed by atoms with E-state index in [9.17, 15) is 14.4 Å². The van der Waals surface area contributed by atoms with Gasteiger partial charge in [0.2, 0.25) is 0 Å². The lowest BCUT2D eigenvalue weighted by Crippen LogP contribution is -2.48. The van der Waals surface area contributed by atoms with Crippen LogP contribution in [0.1, 0.15) is 13.8 Å². The molecule has 15 heavy (non-hydrogen) atoms. The summed E-state index contributed by atoms with van der Waals surface area (Å²) in [7, 11) is 1.23. The van der Waals surface area contributed by atoms with E-state index in [1.807, 2.05) is 0 Å². The van der Waals surface area contributed by atoms with Crippen molar-refractivity contribution in [3.05, 3.63) is 12.2 Å². The SMILES string of the molecule is COC(=O)C(C(C)C)N1C(=O)C=CC1=O. The molecule has 0 bridgehead atoms. The zero-order valence-corrected chi connectivity index (χ0v) is 8.89. The molecule has 1 rings (SSSR count). The van der Waals surface area contributed by atoms with Gasteiger partial charge in [-0.3, -0.25) is 14.5 Å². The van der Waals surface area contributed by atoms with E-state index in [1.54, 1.807) is 13.8 Å². The Bertz CT molecular complexity index is 314. The Hall–Kier alpha value is -1.65. The molecule has 1 heterocycles. The summed E-state index contributed by atoms with van der Waals surface area (Å²) in [6.45, 7) is 3.50. The van der Waals surface area contributed by atoms with Crippen molar-refractivity contribution in [3.8, 4) is 0 Å². The number of amides is 2. The van der Waals surface area contributed by atoms with E-state index in [4.69, 9.17) is 0 Å². The van der Waals surface area contributed by atoms with E-state index in [2.05, 4.69) is 4.74 Å². The first kappa shape index (κ1) is 11.4. The number of methoxy groups -OCH3 is 1. The second-order valence-electron chi connectivity index (χ2n) is 3.59. The van der Waals surface area contributed by atoms with Crippen molar-refractivity contribution in [1.29, 1.82) is 0 Å². The van der Waals surface area contributed by atoms with Crippen molar-refractivity contribution in [2.24, 2.45) is 5.92 Å². The first-order valence-electron chi connectivity index (χ1n) is 4.62. The van der Waals surface area contributed by atoms with E-state index in [0.717, 1.165) is 17.1 Å². The van der Waals surface area contributed by atoms with Gasteiger partial charge in [-0.25, -0.2) is 4.79 Å². The minimum absolute atomic E-state index is 0.176. The topological polar surface area (TPSA) is 63.7 Å². The molecule has 82 valence electrons. The molecule has 0 fully saturated rings. The first-order valence-corrected chi connectivity index (χ1v) is 4.62. The summed E-state index contributed by atoms with van der Waals surface area (Å²) in [6, 6.07) is -0.843. The molecule has 0 aromatic carbocycles. The molecule has 5 heteroatoms. The average molecular weight is 211 g/mol. The van der Waals surface area contributed by atoms with E-state index >= 15 is 0 Å². The van der Waals surface area contributed by atoms with Crippen LogP contribution in [0, 0.1) is 5.92 Å². The number of ether oxygens (including phenoxy) is 1. The molecule has 0 N–H and O–H groups in total. The minimum atomic E-state index is -0.843. The highest BCUT2D eigenvalue weighted by atomic mass is 16.5. The summed E-state index contributed by atoms with van der Waals surface area (Å²) < 4.78 is 4.57. The number of imide groups is 1. The van der Waals surface area contributed by atoms with Crippen LogP contribution in [0.2, 0.25) is 0 Å². The Balaban J connectivity index is 2.95. The minimum Gasteiger partial charge on any atom is -0.467 e. The van der Waals surface area contributed by atoms with Gasteiger partial charge in [-0.1, -0.05) is 13.8 Å². The van der Waals surface area contributed by atoms with Gasteiger partial charge in [-0.05, 0) is 5.92 Å². The summed E-state index contributed by atoms with van der Waals surface area (Å²) in [5, 5.41) is 0. The Morgan fingerprint density at radius 1 is 1.27 bits per heavy atom. The van der Waals surface area contributed by atoms with Crippen molar-refractivity contribution >= 4 is 17.8 Å². The highest BCUT2D eigenvalue weighted by Gasteiger charge is 2.38. The summed E-state index contributed by atoms with van der Waals surface area (Å²) in [5.41, 5.74) is 0. The monoisotopic (exact) mass is 211 g/mol. The molecule has 0 saturated heterocycles. The van der Waals surface area contributed by atoms with Crippen molar-refractivity contribution in [2.75, 3.05) is 7.11 Å². The van der Waals surface area contributed by atoms with Crippen LogP contribution in [0.4, 0.5) is 0 Å². The van der Waals surface area contributed by atoms with E-state index in [-0.39, 0.29) is 5.92 Å². The van der Waals surface area contributed by atoms with E-state index < -0.39 is 23.8 Å². The van der Waals surface area contributed by atoms with Gasteiger partial charge in [0.15, 0.2) is 0 Å².